The second-order valence-corrected chi connectivity index (χ2v) is 5.15. The Morgan fingerprint density at radius 3 is 2.95 bits per heavy atom. The van der Waals surface area contributed by atoms with Gasteiger partial charge in [0, 0.05) is 29.4 Å². The summed E-state index contributed by atoms with van der Waals surface area (Å²) in [7, 11) is 1.65. The Morgan fingerprint density at radius 1 is 1.30 bits per heavy atom. The van der Waals surface area contributed by atoms with Crippen LogP contribution in [-0.2, 0) is 12.8 Å². The third kappa shape index (κ3) is 2.31. The Balaban J connectivity index is 1.86. The van der Waals surface area contributed by atoms with Crippen molar-refractivity contribution in [3.63, 3.8) is 0 Å². The van der Waals surface area contributed by atoms with Gasteiger partial charge in [0.25, 0.3) is 0 Å². The number of pyridine rings is 1. The molecule has 3 rings (SSSR count). The Labute approximate surface area is 118 Å². The summed E-state index contributed by atoms with van der Waals surface area (Å²) in [6, 6.07) is 9.67. The number of hydrogen-bond donors (Lipinski definition) is 0. The minimum atomic E-state index is 0.0545. The molecule has 1 aromatic heterocycles. The maximum absolute atomic E-state index is 12.6. The van der Waals surface area contributed by atoms with E-state index in [1.807, 2.05) is 36.5 Å². The van der Waals surface area contributed by atoms with E-state index in [0.717, 1.165) is 41.7 Å². The zero-order valence-corrected chi connectivity index (χ0v) is 11.5. The Hall–Kier alpha value is -2.16. The van der Waals surface area contributed by atoms with Crippen molar-refractivity contribution in [1.82, 2.24) is 4.98 Å². The van der Waals surface area contributed by atoms with Crippen molar-refractivity contribution >= 4 is 5.78 Å². The van der Waals surface area contributed by atoms with Gasteiger partial charge in [-0.3, -0.25) is 9.78 Å². The highest BCUT2D eigenvalue weighted by Gasteiger charge is 2.29. The molecule has 0 fully saturated rings. The highest BCUT2D eigenvalue weighted by molar-refractivity contribution is 6.00. The van der Waals surface area contributed by atoms with Crippen LogP contribution >= 0.6 is 0 Å². The van der Waals surface area contributed by atoms with Crippen LogP contribution in [0, 0.1) is 5.92 Å². The van der Waals surface area contributed by atoms with E-state index in [2.05, 4.69) is 4.98 Å². The number of hydrogen-bond acceptors (Lipinski definition) is 3. The molecule has 0 saturated carbocycles. The van der Waals surface area contributed by atoms with Gasteiger partial charge in [0.1, 0.15) is 5.75 Å². The largest absolute Gasteiger partial charge is 0.496 e. The van der Waals surface area contributed by atoms with Crippen LogP contribution in [0.5, 0.6) is 5.75 Å². The molecule has 0 saturated heterocycles. The van der Waals surface area contributed by atoms with Gasteiger partial charge in [-0.1, -0.05) is 18.2 Å². The molecule has 0 radical (unpaired) electrons. The lowest BCUT2D eigenvalue weighted by Crippen LogP contribution is -2.24. The molecule has 1 aromatic carbocycles. The minimum absolute atomic E-state index is 0.0545. The molecule has 1 unspecified atom stereocenters. The number of aromatic nitrogens is 1. The molecule has 1 heterocycles. The van der Waals surface area contributed by atoms with Crippen LogP contribution < -0.4 is 4.74 Å². The molecule has 20 heavy (non-hydrogen) atoms. The molecular weight excluding hydrogens is 250 g/mol. The average Bonchev–Trinajstić information content (AvgIpc) is 2.51. The Kier molecular flexibility index (Phi) is 3.50. The van der Waals surface area contributed by atoms with Gasteiger partial charge in [-0.05, 0) is 37.0 Å². The van der Waals surface area contributed by atoms with E-state index in [-0.39, 0.29) is 11.7 Å². The Bertz CT molecular complexity index is 622. The highest BCUT2D eigenvalue weighted by atomic mass is 16.5. The predicted octanol–water partition coefficient (Wildman–Crippen LogP) is 3.08. The predicted molar refractivity (Wildman–Crippen MR) is 77.1 cm³/mol. The van der Waals surface area contributed by atoms with Crippen LogP contribution in [0.1, 0.15) is 27.9 Å². The van der Waals surface area contributed by atoms with Crippen LogP contribution in [0.15, 0.2) is 42.7 Å². The fourth-order valence-electron chi connectivity index (χ4n) is 2.91. The third-order valence-corrected chi connectivity index (χ3v) is 3.94. The molecule has 2 aromatic rings. The van der Waals surface area contributed by atoms with Gasteiger partial charge in [0.2, 0.25) is 0 Å². The van der Waals surface area contributed by atoms with E-state index in [1.54, 1.807) is 13.3 Å². The number of rotatable bonds is 3. The summed E-state index contributed by atoms with van der Waals surface area (Å²) in [5.41, 5.74) is 3.00. The van der Waals surface area contributed by atoms with Crippen LogP contribution in [0.25, 0.3) is 0 Å². The third-order valence-electron chi connectivity index (χ3n) is 3.94. The summed E-state index contributed by atoms with van der Waals surface area (Å²) >= 11 is 0. The summed E-state index contributed by atoms with van der Waals surface area (Å²) in [5, 5.41) is 0. The van der Waals surface area contributed by atoms with Crippen molar-refractivity contribution in [2.24, 2.45) is 5.92 Å². The van der Waals surface area contributed by atoms with Crippen molar-refractivity contribution in [2.45, 2.75) is 19.3 Å². The summed E-state index contributed by atoms with van der Waals surface area (Å²) in [4.78, 5) is 16.7. The summed E-state index contributed by atoms with van der Waals surface area (Å²) in [6.45, 7) is 0. The molecular formula is C17H17NO2. The minimum Gasteiger partial charge on any atom is -0.496 e. The number of nitrogens with zero attached hydrogens (tertiary/aromatic N) is 1. The zero-order valence-electron chi connectivity index (χ0n) is 11.5. The molecule has 1 atom stereocenters. The fraction of sp³-hybridized carbons (Fsp3) is 0.294. The second-order valence-electron chi connectivity index (χ2n) is 5.15. The zero-order chi connectivity index (χ0) is 13.9. The Morgan fingerprint density at radius 2 is 2.20 bits per heavy atom. The first-order valence-electron chi connectivity index (χ1n) is 6.88. The summed E-state index contributed by atoms with van der Waals surface area (Å²) < 4.78 is 5.35. The van der Waals surface area contributed by atoms with Crippen LogP contribution in [0.2, 0.25) is 0 Å². The summed E-state index contributed by atoms with van der Waals surface area (Å²) in [6.07, 6.45) is 6.14. The molecule has 0 amide bonds. The SMILES string of the molecule is COc1cccc2c1CCC(Cc1cccnc1)C2=O. The van der Waals surface area contributed by atoms with Gasteiger partial charge in [-0.15, -0.1) is 0 Å². The van der Waals surface area contributed by atoms with Gasteiger partial charge in [0.05, 0.1) is 7.11 Å². The number of methoxy groups -OCH3 is 1. The lowest BCUT2D eigenvalue weighted by molar-refractivity contribution is 0.0900. The molecule has 3 nitrogen and oxygen atoms in total. The van der Waals surface area contributed by atoms with Gasteiger partial charge < -0.3 is 4.74 Å². The second kappa shape index (κ2) is 5.45. The lowest BCUT2D eigenvalue weighted by atomic mass is 9.79. The monoisotopic (exact) mass is 267 g/mol. The van der Waals surface area contributed by atoms with Crippen LogP contribution in [-0.4, -0.2) is 17.9 Å². The maximum atomic E-state index is 12.6. The number of carbonyl (C=O) groups is 1. The van der Waals surface area contributed by atoms with Crippen molar-refractivity contribution < 1.29 is 9.53 Å². The van der Waals surface area contributed by atoms with Crippen LogP contribution in [0.3, 0.4) is 0 Å². The van der Waals surface area contributed by atoms with E-state index >= 15 is 0 Å². The standard InChI is InChI=1S/C17H17NO2/c1-20-16-6-2-5-15-14(16)8-7-13(17(15)19)10-12-4-3-9-18-11-12/h2-6,9,11,13H,7-8,10H2,1H3. The molecule has 102 valence electrons. The van der Waals surface area contributed by atoms with Crippen molar-refractivity contribution in [2.75, 3.05) is 7.11 Å². The van der Waals surface area contributed by atoms with Crippen molar-refractivity contribution in [3.05, 3.63) is 59.4 Å². The molecule has 0 bridgehead atoms. The first-order valence-corrected chi connectivity index (χ1v) is 6.88. The van der Waals surface area contributed by atoms with E-state index in [1.165, 1.54) is 0 Å². The topological polar surface area (TPSA) is 39.2 Å². The lowest BCUT2D eigenvalue weighted by Gasteiger charge is -2.24. The number of fused-ring (bicyclic) bond motifs is 1. The molecule has 1 aliphatic carbocycles. The van der Waals surface area contributed by atoms with E-state index in [4.69, 9.17) is 4.74 Å². The van der Waals surface area contributed by atoms with Crippen molar-refractivity contribution in [1.29, 1.82) is 0 Å². The number of benzene rings is 1. The van der Waals surface area contributed by atoms with Crippen LogP contribution in [0.4, 0.5) is 0 Å². The molecule has 1 aliphatic rings. The van der Waals surface area contributed by atoms with Gasteiger partial charge >= 0.3 is 0 Å². The van der Waals surface area contributed by atoms with Gasteiger partial charge in [-0.2, -0.15) is 0 Å². The number of carbonyl (C=O) groups excluding carboxylic acids is 1. The first kappa shape index (κ1) is 12.9. The van der Waals surface area contributed by atoms with E-state index < -0.39 is 0 Å². The summed E-state index contributed by atoms with van der Waals surface area (Å²) in [5.74, 6) is 1.11. The highest BCUT2D eigenvalue weighted by Crippen LogP contribution is 2.33. The number of ketones is 1. The van der Waals surface area contributed by atoms with Gasteiger partial charge in [0.15, 0.2) is 5.78 Å². The average molecular weight is 267 g/mol. The normalized spacial score (nSPS) is 17.6. The van der Waals surface area contributed by atoms with Gasteiger partial charge in [-0.25, -0.2) is 0 Å². The number of ether oxygens (including phenoxy) is 1. The van der Waals surface area contributed by atoms with E-state index in [0.29, 0.717) is 0 Å². The molecule has 0 spiro atoms. The molecule has 3 heteroatoms. The molecule has 0 aliphatic heterocycles. The smallest absolute Gasteiger partial charge is 0.166 e. The quantitative estimate of drug-likeness (QED) is 0.858. The fourth-order valence-corrected chi connectivity index (χ4v) is 2.91. The van der Waals surface area contributed by atoms with E-state index in [9.17, 15) is 4.79 Å². The first-order chi connectivity index (χ1) is 9.79. The van der Waals surface area contributed by atoms with Crippen molar-refractivity contribution in [3.8, 4) is 5.75 Å². The molecule has 0 N–H and O–H groups in total. The number of Topliss-reactive ketones (excluding diaryl/α,β-unsaturated/α-hetero) is 1. The maximum Gasteiger partial charge on any atom is 0.166 e.